The summed E-state index contributed by atoms with van der Waals surface area (Å²) in [6, 6.07) is 0. The van der Waals surface area contributed by atoms with Crippen LogP contribution in [-0.4, -0.2) is 35.6 Å². The minimum absolute atomic E-state index is 0.261. The van der Waals surface area contributed by atoms with E-state index in [9.17, 15) is 4.79 Å². The third-order valence-corrected chi connectivity index (χ3v) is 4.55. The Bertz CT molecular complexity index is 465. The fourth-order valence-electron chi connectivity index (χ4n) is 2.96. The Labute approximate surface area is 126 Å². The molecule has 0 radical (unpaired) electrons. The van der Waals surface area contributed by atoms with Gasteiger partial charge in [0.15, 0.2) is 0 Å². The summed E-state index contributed by atoms with van der Waals surface area (Å²) >= 11 is 0. The second-order valence-electron chi connectivity index (χ2n) is 6.05. The van der Waals surface area contributed by atoms with Gasteiger partial charge in [-0.1, -0.05) is 13.8 Å². The number of carbonyl (C=O) groups excluding carboxylic acids is 1. The maximum Gasteiger partial charge on any atom is 0.341 e. The molecule has 0 saturated carbocycles. The van der Waals surface area contributed by atoms with Crippen LogP contribution in [0.1, 0.15) is 49.8 Å². The normalized spacial score (nSPS) is 17.7. The molecule has 5 heteroatoms. The van der Waals surface area contributed by atoms with Crippen molar-refractivity contribution in [3.05, 3.63) is 23.8 Å². The number of hydrogen-bond acceptors (Lipinski definition) is 5. The van der Waals surface area contributed by atoms with Gasteiger partial charge in [0.25, 0.3) is 0 Å². The van der Waals surface area contributed by atoms with Crippen molar-refractivity contribution < 1.29 is 9.53 Å². The second-order valence-corrected chi connectivity index (χ2v) is 6.05. The van der Waals surface area contributed by atoms with Gasteiger partial charge in [0.1, 0.15) is 5.82 Å². The Kier molecular flexibility index (Phi) is 5.28. The number of rotatable bonds is 5. The van der Waals surface area contributed by atoms with Crippen LogP contribution in [0.15, 0.2) is 12.4 Å². The zero-order chi connectivity index (χ0) is 15.3. The van der Waals surface area contributed by atoms with E-state index in [2.05, 4.69) is 29.1 Å². The molecule has 21 heavy (non-hydrogen) atoms. The van der Waals surface area contributed by atoms with Crippen molar-refractivity contribution in [2.75, 3.05) is 19.7 Å². The van der Waals surface area contributed by atoms with Crippen molar-refractivity contribution in [3.63, 3.8) is 0 Å². The molecule has 1 aliphatic heterocycles. The van der Waals surface area contributed by atoms with Crippen LogP contribution in [0.5, 0.6) is 0 Å². The third-order valence-electron chi connectivity index (χ3n) is 4.55. The number of nitrogens with zero attached hydrogens (tertiary/aromatic N) is 2. The van der Waals surface area contributed by atoms with Gasteiger partial charge in [-0.25, -0.2) is 14.8 Å². The molecule has 0 unspecified atom stereocenters. The smallest absolute Gasteiger partial charge is 0.341 e. The van der Waals surface area contributed by atoms with Gasteiger partial charge in [-0.2, -0.15) is 0 Å². The van der Waals surface area contributed by atoms with Crippen molar-refractivity contribution in [2.45, 2.75) is 40.0 Å². The summed E-state index contributed by atoms with van der Waals surface area (Å²) in [6.07, 6.45) is 6.32. The van der Waals surface area contributed by atoms with Crippen LogP contribution in [0.2, 0.25) is 0 Å². The van der Waals surface area contributed by atoms with Crippen LogP contribution in [0.3, 0.4) is 0 Å². The largest absolute Gasteiger partial charge is 0.462 e. The molecule has 0 atom stereocenters. The predicted octanol–water partition coefficient (Wildman–Crippen LogP) is 2.22. The Morgan fingerprint density at radius 2 is 1.95 bits per heavy atom. The van der Waals surface area contributed by atoms with Crippen molar-refractivity contribution in [1.82, 2.24) is 15.3 Å². The van der Waals surface area contributed by atoms with Crippen molar-refractivity contribution in [3.8, 4) is 0 Å². The molecule has 5 nitrogen and oxygen atoms in total. The molecular weight excluding hydrogens is 266 g/mol. The maximum atomic E-state index is 11.6. The SMILES string of the molecule is CCOC(=O)c1cnc(CC2(C(C)C)CCNCC2)nc1. The summed E-state index contributed by atoms with van der Waals surface area (Å²) in [6.45, 7) is 8.81. The average Bonchev–Trinajstić information content (AvgIpc) is 2.49. The number of nitrogens with one attached hydrogen (secondary N) is 1. The minimum atomic E-state index is -0.357. The lowest BCUT2D eigenvalue weighted by atomic mass is 9.68. The van der Waals surface area contributed by atoms with Gasteiger partial charge in [0.05, 0.1) is 12.2 Å². The van der Waals surface area contributed by atoms with Crippen LogP contribution in [0, 0.1) is 11.3 Å². The number of aromatic nitrogens is 2. The van der Waals surface area contributed by atoms with E-state index in [0.717, 1.165) is 38.2 Å². The molecule has 1 N–H and O–H groups in total. The predicted molar refractivity (Wildman–Crippen MR) is 81.1 cm³/mol. The van der Waals surface area contributed by atoms with Crippen LogP contribution < -0.4 is 5.32 Å². The van der Waals surface area contributed by atoms with E-state index >= 15 is 0 Å². The summed E-state index contributed by atoms with van der Waals surface area (Å²) in [4.78, 5) is 20.3. The number of hydrogen-bond donors (Lipinski definition) is 1. The van der Waals surface area contributed by atoms with E-state index < -0.39 is 0 Å². The Morgan fingerprint density at radius 1 is 1.33 bits per heavy atom. The average molecular weight is 291 g/mol. The van der Waals surface area contributed by atoms with E-state index in [0.29, 0.717) is 18.1 Å². The molecule has 2 heterocycles. The molecular formula is C16H25N3O2. The third kappa shape index (κ3) is 3.79. The maximum absolute atomic E-state index is 11.6. The zero-order valence-electron chi connectivity index (χ0n) is 13.2. The van der Waals surface area contributed by atoms with Gasteiger partial charge in [-0.3, -0.25) is 0 Å². The van der Waals surface area contributed by atoms with Gasteiger partial charge < -0.3 is 10.1 Å². The van der Waals surface area contributed by atoms with Gasteiger partial charge in [0, 0.05) is 18.8 Å². The fourth-order valence-corrected chi connectivity index (χ4v) is 2.96. The van der Waals surface area contributed by atoms with Crippen molar-refractivity contribution >= 4 is 5.97 Å². The quantitative estimate of drug-likeness (QED) is 0.843. The first-order valence-electron chi connectivity index (χ1n) is 7.76. The van der Waals surface area contributed by atoms with Crippen LogP contribution in [0.25, 0.3) is 0 Å². The van der Waals surface area contributed by atoms with Gasteiger partial charge in [-0.05, 0) is 44.2 Å². The molecule has 0 aromatic carbocycles. The lowest BCUT2D eigenvalue weighted by molar-refractivity contribution is 0.0525. The molecule has 0 amide bonds. The van der Waals surface area contributed by atoms with Gasteiger partial charge in [0.2, 0.25) is 0 Å². The molecule has 1 aromatic rings. The van der Waals surface area contributed by atoms with E-state index in [1.165, 1.54) is 0 Å². The molecule has 0 spiro atoms. The van der Waals surface area contributed by atoms with Gasteiger partial charge in [-0.15, -0.1) is 0 Å². The van der Waals surface area contributed by atoms with E-state index in [1.54, 1.807) is 19.3 Å². The fraction of sp³-hybridized carbons (Fsp3) is 0.688. The highest BCUT2D eigenvalue weighted by Gasteiger charge is 2.36. The molecule has 0 aliphatic carbocycles. The second kappa shape index (κ2) is 6.98. The molecule has 1 saturated heterocycles. The zero-order valence-corrected chi connectivity index (χ0v) is 13.2. The lowest BCUT2D eigenvalue weighted by Crippen LogP contribution is -2.41. The number of carbonyl (C=O) groups is 1. The number of piperidine rings is 1. The highest BCUT2D eigenvalue weighted by molar-refractivity contribution is 5.88. The highest BCUT2D eigenvalue weighted by Crippen LogP contribution is 2.39. The summed E-state index contributed by atoms with van der Waals surface area (Å²) in [7, 11) is 0. The first kappa shape index (κ1) is 15.9. The van der Waals surface area contributed by atoms with Crippen LogP contribution in [-0.2, 0) is 11.2 Å². The van der Waals surface area contributed by atoms with Crippen LogP contribution in [0.4, 0.5) is 0 Å². The number of ether oxygens (including phenoxy) is 1. The number of esters is 1. The Hall–Kier alpha value is -1.49. The van der Waals surface area contributed by atoms with Gasteiger partial charge >= 0.3 is 5.97 Å². The Balaban J connectivity index is 2.09. The van der Waals surface area contributed by atoms with Crippen molar-refractivity contribution in [1.29, 1.82) is 0 Å². The lowest BCUT2D eigenvalue weighted by Gasteiger charge is -2.41. The Morgan fingerprint density at radius 3 is 2.48 bits per heavy atom. The highest BCUT2D eigenvalue weighted by atomic mass is 16.5. The summed E-state index contributed by atoms with van der Waals surface area (Å²) in [5.74, 6) is 1.05. The first-order chi connectivity index (χ1) is 10.1. The summed E-state index contributed by atoms with van der Waals surface area (Å²) < 4.78 is 4.95. The molecule has 1 fully saturated rings. The molecule has 0 bridgehead atoms. The van der Waals surface area contributed by atoms with E-state index in [-0.39, 0.29) is 11.4 Å². The molecule has 1 aromatic heterocycles. The minimum Gasteiger partial charge on any atom is -0.462 e. The van der Waals surface area contributed by atoms with E-state index in [4.69, 9.17) is 4.74 Å². The van der Waals surface area contributed by atoms with Crippen molar-refractivity contribution in [2.24, 2.45) is 11.3 Å². The molecule has 116 valence electrons. The molecule has 2 rings (SSSR count). The topological polar surface area (TPSA) is 64.1 Å². The summed E-state index contributed by atoms with van der Waals surface area (Å²) in [5.41, 5.74) is 0.681. The first-order valence-corrected chi connectivity index (χ1v) is 7.76. The monoisotopic (exact) mass is 291 g/mol. The molecule has 1 aliphatic rings. The van der Waals surface area contributed by atoms with E-state index in [1.807, 2.05) is 0 Å². The standard InChI is InChI=1S/C16H25N3O2/c1-4-21-15(20)13-10-18-14(19-11-13)9-16(12(2)3)5-7-17-8-6-16/h10-12,17H,4-9H2,1-3H3. The summed E-state index contributed by atoms with van der Waals surface area (Å²) in [5, 5.41) is 3.42. The van der Waals surface area contributed by atoms with Crippen LogP contribution >= 0.6 is 0 Å².